The molecule has 0 aliphatic heterocycles. The number of imidazole rings is 1. The van der Waals surface area contributed by atoms with E-state index in [-0.39, 0.29) is 0 Å². The molecule has 4 aromatic carbocycles. The zero-order valence-corrected chi connectivity index (χ0v) is 18.1. The van der Waals surface area contributed by atoms with Crippen LogP contribution in [-0.4, -0.2) is 19.7 Å². The van der Waals surface area contributed by atoms with Gasteiger partial charge in [0.2, 0.25) is 0 Å². The fourth-order valence-electron chi connectivity index (χ4n) is 4.26. The van der Waals surface area contributed by atoms with Crippen molar-refractivity contribution in [1.29, 1.82) is 0 Å². The quantitative estimate of drug-likeness (QED) is 0.341. The minimum absolute atomic E-state index is 0.725. The molecule has 1 N–H and O–H groups in total. The highest BCUT2D eigenvalue weighted by molar-refractivity contribution is 6.01. The number of fused-ring (bicyclic) bond motifs is 2. The van der Waals surface area contributed by atoms with Gasteiger partial charge in [0, 0.05) is 22.0 Å². The summed E-state index contributed by atoms with van der Waals surface area (Å²) >= 11 is 0. The van der Waals surface area contributed by atoms with Crippen LogP contribution in [0.15, 0.2) is 103 Å². The summed E-state index contributed by atoms with van der Waals surface area (Å²) in [5.41, 5.74) is 7.17. The van der Waals surface area contributed by atoms with Gasteiger partial charge in [-0.2, -0.15) is 0 Å². The monoisotopic (exact) mass is 427 g/mol. The Bertz CT molecular complexity index is 1600. The number of benzene rings is 4. The maximum absolute atomic E-state index is 4.64. The van der Waals surface area contributed by atoms with Crippen molar-refractivity contribution in [2.24, 2.45) is 0 Å². The van der Waals surface area contributed by atoms with Gasteiger partial charge >= 0.3 is 0 Å². The lowest BCUT2D eigenvalue weighted by molar-refractivity contribution is 1.06. The first-order chi connectivity index (χ1) is 16.3. The van der Waals surface area contributed by atoms with E-state index >= 15 is 0 Å². The van der Waals surface area contributed by atoms with Crippen molar-refractivity contribution in [2.45, 2.75) is 6.92 Å². The molecule has 0 saturated heterocycles. The predicted octanol–water partition coefficient (Wildman–Crippen LogP) is 6.69. The van der Waals surface area contributed by atoms with E-state index < -0.39 is 0 Å². The highest BCUT2D eigenvalue weighted by Crippen LogP contribution is 2.31. The van der Waals surface area contributed by atoms with Gasteiger partial charge in [0.25, 0.3) is 0 Å². The van der Waals surface area contributed by atoms with Crippen molar-refractivity contribution in [3.63, 3.8) is 0 Å². The molecule has 0 bridgehead atoms. The summed E-state index contributed by atoms with van der Waals surface area (Å²) in [5, 5.41) is 14.6. The van der Waals surface area contributed by atoms with Gasteiger partial charge in [0.15, 0.2) is 5.82 Å². The van der Waals surface area contributed by atoms with E-state index in [0.717, 1.165) is 50.3 Å². The number of rotatable bonds is 4. The van der Waals surface area contributed by atoms with E-state index in [4.69, 9.17) is 0 Å². The molecule has 0 aliphatic rings. The van der Waals surface area contributed by atoms with E-state index in [2.05, 4.69) is 86.6 Å². The van der Waals surface area contributed by atoms with Crippen LogP contribution in [0, 0.1) is 6.92 Å². The Labute approximate surface area is 191 Å². The number of anilines is 2. The first-order valence-corrected chi connectivity index (χ1v) is 10.9. The van der Waals surface area contributed by atoms with Crippen molar-refractivity contribution in [1.82, 2.24) is 19.7 Å². The van der Waals surface area contributed by atoms with Crippen molar-refractivity contribution in [2.75, 3.05) is 5.32 Å². The van der Waals surface area contributed by atoms with E-state index in [9.17, 15) is 0 Å². The van der Waals surface area contributed by atoms with Gasteiger partial charge in [-0.1, -0.05) is 72.8 Å². The first-order valence-electron chi connectivity index (χ1n) is 10.9. The van der Waals surface area contributed by atoms with Gasteiger partial charge in [0.05, 0.1) is 16.7 Å². The summed E-state index contributed by atoms with van der Waals surface area (Å²) in [5.74, 6) is 0.725. The normalized spacial score (nSPS) is 11.2. The molecule has 0 amide bonds. The van der Waals surface area contributed by atoms with Crippen LogP contribution >= 0.6 is 0 Å². The molecule has 6 aromatic rings. The summed E-state index contributed by atoms with van der Waals surface area (Å²) in [6, 6.07) is 32.9. The van der Waals surface area contributed by atoms with Crippen molar-refractivity contribution in [3.8, 4) is 16.9 Å². The SMILES string of the molecule is Cc1ccccc1-n1cnc2cc(Nc3nnc(-c4ccccc4)c4ccccc34)ccc21. The lowest BCUT2D eigenvalue weighted by atomic mass is 10.0. The molecule has 0 unspecified atom stereocenters. The first kappa shape index (κ1) is 19.2. The molecule has 5 heteroatoms. The number of nitrogens with one attached hydrogen (secondary N) is 1. The Morgan fingerprint density at radius 1 is 0.727 bits per heavy atom. The zero-order valence-electron chi connectivity index (χ0n) is 18.1. The molecule has 6 rings (SSSR count). The smallest absolute Gasteiger partial charge is 0.161 e. The fourth-order valence-corrected chi connectivity index (χ4v) is 4.26. The van der Waals surface area contributed by atoms with Crippen LogP contribution in [0.1, 0.15) is 5.56 Å². The summed E-state index contributed by atoms with van der Waals surface area (Å²) < 4.78 is 2.12. The Morgan fingerprint density at radius 2 is 1.48 bits per heavy atom. The molecular weight excluding hydrogens is 406 g/mol. The Morgan fingerprint density at radius 3 is 2.33 bits per heavy atom. The Balaban J connectivity index is 1.39. The number of hydrogen-bond donors (Lipinski definition) is 1. The maximum atomic E-state index is 4.64. The van der Waals surface area contributed by atoms with Crippen LogP contribution in [0.25, 0.3) is 38.8 Å². The van der Waals surface area contributed by atoms with Crippen LogP contribution < -0.4 is 5.32 Å². The third kappa shape index (κ3) is 3.40. The van der Waals surface area contributed by atoms with E-state index in [1.807, 2.05) is 48.8 Å². The topological polar surface area (TPSA) is 55.6 Å². The molecule has 2 heterocycles. The lowest BCUT2D eigenvalue weighted by Gasteiger charge is -2.12. The fraction of sp³-hybridized carbons (Fsp3) is 0.0357. The van der Waals surface area contributed by atoms with Crippen LogP contribution in [0.3, 0.4) is 0 Å². The summed E-state index contributed by atoms with van der Waals surface area (Å²) in [6.07, 6.45) is 1.88. The second kappa shape index (κ2) is 7.88. The highest BCUT2D eigenvalue weighted by Gasteiger charge is 2.12. The third-order valence-electron chi connectivity index (χ3n) is 5.92. The molecule has 0 radical (unpaired) electrons. The molecule has 5 nitrogen and oxygen atoms in total. The van der Waals surface area contributed by atoms with Gasteiger partial charge in [-0.15, -0.1) is 10.2 Å². The minimum atomic E-state index is 0.725. The van der Waals surface area contributed by atoms with E-state index in [1.165, 1.54) is 5.56 Å². The van der Waals surface area contributed by atoms with Gasteiger partial charge in [-0.3, -0.25) is 4.57 Å². The van der Waals surface area contributed by atoms with E-state index in [0.29, 0.717) is 0 Å². The van der Waals surface area contributed by atoms with Crippen LogP contribution in [0.2, 0.25) is 0 Å². The largest absolute Gasteiger partial charge is 0.338 e. The van der Waals surface area contributed by atoms with Crippen LogP contribution in [0.4, 0.5) is 11.5 Å². The second-order valence-electron chi connectivity index (χ2n) is 8.04. The van der Waals surface area contributed by atoms with Crippen LogP contribution in [-0.2, 0) is 0 Å². The molecule has 0 aliphatic carbocycles. The average molecular weight is 428 g/mol. The second-order valence-corrected chi connectivity index (χ2v) is 8.04. The third-order valence-corrected chi connectivity index (χ3v) is 5.92. The molecule has 0 fully saturated rings. The van der Waals surface area contributed by atoms with Gasteiger partial charge in [-0.05, 0) is 36.8 Å². The number of nitrogens with zero attached hydrogens (tertiary/aromatic N) is 4. The molecule has 158 valence electrons. The average Bonchev–Trinajstić information content (AvgIpc) is 3.28. The molecule has 0 saturated carbocycles. The zero-order chi connectivity index (χ0) is 22.2. The summed E-state index contributed by atoms with van der Waals surface area (Å²) in [4.78, 5) is 4.64. The van der Waals surface area contributed by atoms with Gasteiger partial charge < -0.3 is 5.32 Å². The number of aromatic nitrogens is 4. The molecule has 33 heavy (non-hydrogen) atoms. The number of hydrogen-bond acceptors (Lipinski definition) is 4. The molecule has 0 atom stereocenters. The summed E-state index contributed by atoms with van der Waals surface area (Å²) in [7, 11) is 0. The molecule has 2 aromatic heterocycles. The van der Waals surface area contributed by atoms with E-state index in [1.54, 1.807) is 0 Å². The van der Waals surface area contributed by atoms with Gasteiger partial charge in [-0.25, -0.2) is 4.98 Å². The van der Waals surface area contributed by atoms with Crippen LogP contribution in [0.5, 0.6) is 0 Å². The number of para-hydroxylation sites is 1. The van der Waals surface area contributed by atoms with Crippen molar-refractivity contribution >= 4 is 33.3 Å². The molecule has 0 spiro atoms. The maximum Gasteiger partial charge on any atom is 0.161 e. The standard InChI is InChI=1S/C28H21N5/c1-19-9-5-8-14-25(19)33-18-29-24-17-21(15-16-26(24)33)30-28-23-13-7-6-12-22(23)27(31-32-28)20-10-3-2-4-11-20/h2-18H,1H3,(H,30,32). The predicted molar refractivity (Wildman–Crippen MR) is 134 cm³/mol. The van der Waals surface area contributed by atoms with Gasteiger partial charge in [0.1, 0.15) is 12.0 Å². The Hall–Kier alpha value is -4.51. The Kier molecular flexibility index (Phi) is 4.58. The summed E-state index contributed by atoms with van der Waals surface area (Å²) in [6.45, 7) is 2.11. The lowest BCUT2D eigenvalue weighted by Crippen LogP contribution is -1.99. The van der Waals surface area contributed by atoms with Crippen molar-refractivity contribution in [3.05, 3.63) is 109 Å². The van der Waals surface area contributed by atoms with Crippen molar-refractivity contribution < 1.29 is 0 Å². The minimum Gasteiger partial charge on any atom is -0.338 e. The number of aryl methyl sites for hydroxylation is 1. The molecular formula is C28H21N5. The highest BCUT2D eigenvalue weighted by atomic mass is 15.2.